The van der Waals surface area contributed by atoms with Gasteiger partial charge in [-0.15, -0.1) is 6.42 Å². The molecule has 2 atom stereocenters. The number of primary amides is 1. The average molecular weight is 169 g/mol. The predicted molar refractivity (Wildman–Crippen MR) is 48.1 cm³/mol. The molecule has 0 saturated heterocycles. The molecule has 0 aliphatic carbocycles. The molecule has 4 heteroatoms. The van der Waals surface area contributed by atoms with E-state index in [1.54, 1.807) is 0 Å². The Labute approximate surface area is 72.7 Å². The Morgan fingerprint density at radius 1 is 1.75 bits per heavy atom. The maximum Gasteiger partial charge on any atom is 0.235 e. The number of rotatable bonds is 5. The van der Waals surface area contributed by atoms with Crippen LogP contribution in [0.1, 0.15) is 13.3 Å². The summed E-state index contributed by atoms with van der Waals surface area (Å²) in [7, 11) is 0. The van der Waals surface area contributed by atoms with Crippen LogP contribution in [0.15, 0.2) is 0 Å². The van der Waals surface area contributed by atoms with Gasteiger partial charge in [-0.3, -0.25) is 4.79 Å². The molecular weight excluding hydrogens is 154 g/mol. The molecule has 0 aromatic rings. The zero-order valence-corrected chi connectivity index (χ0v) is 7.21. The third-order valence-corrected chi connectivity index (χ3v) is 1.56. The highest BCUT2D eigenvalue weighted by molar-refractivity contribution is 5.79. The lowest BCUT2D eigenvalue weighted by Gasteiger charge is -2.12. The molecule has 0 rings (SSSR count). The molecule has 4 nitrogen and oxygen atoms in total. The maximum atomic E-state index is 10.5. The van der Waals surface area contributed by atoms with Crippen LogP contribution in [-0.4, -0.2) is 24.5 Å². The highest BCUT2D eigenvalue weighted by Gasteiger charge is 2.10. The number of hydrogen-bond acceptors (Lipinski definition) is 3. The molecular formula is C8H15N3O. The average Bonchev–Trinajstić information content (AvgIpc) is 2.05. The lowest BCUT2D eigenvalue weighted by molar-refractivity contribution is -0.119. The highest BCUT2D eigenvalue weighted by Crippen LogP contribution is 1.87. The van der Waals surface area contributed by atoms with Crippen LogP contribution in [0.3, 0.4) is 0 Å². The number of carbonyl (C=O) groups is 1. The first-order valence-corrected chi connectivity index (χ1v) is 3.86. The fourth-order valence-corrected chi connectivity index (χ4v) is 0.691. The van der Waals surface area contributed by atoms with E-state index in [0.717, 1.165) is 6.42 Å². The number of amides is 1. The van der Waals surface area contributed by atoms with Gasteiger partial charge < -0.3 is 16.8 Å². The minimum atomic E-state index is -0.660. The molecule has 0 heterocycles. The van der Waals surface area contributed by atoms with Crippen molar-refractivity contribution in [3.8, 4) is 12.3 Å². The minimum Gasteiger partial charge on any atom is -0.368 e. The standard InChI is InChI=1S/C8H15N3O/c1-3-6(4-2)11-5-7(9)8(10)12/h1,6-7,11H,4-5,9H2,2H3,(H2,10,12). The van der Waals surface area contributed by atoms with Gasteiger partial charge >= 0.3 is 0 Å². The van der Waals surface area contributed by atoms with E-state index >= 15 is 0 Å². The molecule has 5 N–H and O–H groups in total. The van der Waals surface area contributed by atoms with Crippen LogP contribution in [-0.2, 0) is 4.79 Å². The van der Waals surface area contributed by atoms with Crippen LogP contribution in [0.4, 0.5) is 0 Å². The van der Waals surface area contributed by atoms with Gasteiger partial charge in [0.2, 0.25) is 5.91 Å². The van der Waals surface area contributed by atoms with E-state index in [0.29, 0.717) is 6.54 Å². The Kier molecular flexibility index (Phi) is 5.09. The first kappa shape index (κ1) is 11.0. The Morgan fingerprint density at radius 2 is 2.33 bits per heavy atom. The molecule has 12 heavy (non-hydrogen) atoms. The van der Waals surface area contributed by atoms with Crippen molar-refractivity contribution < 1.29 is 4.79 Å². The van der Waals surface area contributed by atoms with Gasteiger partial charge in [0, 0.05) is 6.54 Å². The van der Waals surface area contributed by atoms with Gasteiger partial charge in [0.15, 0.2) is 0 Å². The van der Waals surface area contributed by atoms with Crippen LogP contribution < -0.4 is 16.8 Å². The molecule has 0 saturated carbocycles. The summed E-state index contributed by atoms with van der Waals surface area (Å²) in [6, 6.07) is -0.692. The lowest BCUT2D eigenvalue weighted by atomic mass is 10.2. The van der Waals surface area contributed by atoms with E-state index in [9.17, 15) is 4.79 Å². The van der Waals surface area contributed by atoms with E-state index in [2.05, 4.69) is 11.2 Å². The van der Waals surface area contributed by atoms with Crippen LogP contribution in [0.2, 0.25) is 0 Å². The van der Waals surface area contributed by atoms with E-state index in [-0.39, 0.29) is 6.04 Å². The number of hydrogen-bond donors (Lipinski definition) is 3. The zero-order chi connectivity index (χ0) is 9.56. The summed E-state index contributed by atoms with van der Waals surface area (Å²) in [5.41, 5.74) is 10.3. The summed E-state index contributed by atoms with van der Waals surface area (Å²) in [6.07, 6.45) is 5.98. The van der Waals surface area contributed by atoms with Gasteiger partial charge in [0.1, 0.15) is 0 Å². The molecule has 2 unspecified atom stereocenters. The van der Waals surface area contributed by atoms with Crippen molar-refractivity contribution >= 4 is 5.91 Å². The summed E-state index contributed by atoms with van der Waals surface area (Å²) in [4.78, 5) is 10.5. The first-order valence-electron chi connectivity index (χ1n) is 3.86. The topological polar surface area (TPSA) is 81.1 Å². The minimum absolute atomic E-state index is 0.0320. The van der Waals surface area contributed by atoms with E-state index in [4.69, 9.17) is 17.9 Å². The van der Waals surface area contributed by atoms with E-state index in [1.807, 2.05) is 6.92 Å². The Balaban J connectivity index is 3.68. The van der Waals surface area contributed by atoms with Gasteiger partial charge in [-0.1, -0.05) is 12.8 Å². The number of carbonyl (C=O) groups excluding carboxylic acids is 1. The fourth-order valence-electron chi connectivity index (χ4n) is 0.691. The molecule has 0 aromatic carbocycles. The van der Waals surface area contributed by atoms with E-state index in [1.165, 1.54) is 0 Å². The van der Waals surface area contributed by atoms with Crippen LogP contribution in [0.25, 0.3) is 0 Å². The summed E-state index contributed by atoms with van der Waals surface area (Å²) in [6.45, 7) is 2.28. The molecule has 0 radical (unpaired) electrons. The number of nitrogens with one attached hydrogen (secondary N) is 1. The number of terminal acetylenes is 1. The van der Waals surface area contributed by atoms with Gasteiger partial charge in [-0.2, -0.15) is 0 Å². The van der Waals surface area contributed by atoms with Crippen LogP contribution >= 0.6 is 0 Å². The van der Waals surface area contributed by atoms with Crippen molar-refractivity contribution in [1.82, 2.24) is 5.32 Å². The van der Waals surface area contributed by atoms with Crippen molar-refractivity contribution in [2.45, 2.75) is 25.4 Å². The summed E-state index contributed by atoms with van der Waals surface area (Å²) < 4.78 is 0. The van der Waals surface area contributed by atoms with Crippen molar-refractivity contribution in [1.29, 1.82) is 0 Å². The van der Waals surface area contributed by atoms with Crippen LogP contribution in [0, 0.1) is 12.3 Å². The van der Waals surface area contributed by atoms with Crippen LogP contribution in [0.5, 0.6) is 0 Å². The summed E-state index contributed by atoms with van der Waals surface area (Å²) >= 11 is 0. The molecule has 0 aliphatic heterocycles. The number of nitrogens with two attached hydrogens (primary N) is 2. The first-order chi connectivity index (χ1) is 5.61. The second-order valence-electron chi connectivity index (χ2n) is 2.54. The summed E-state index contributed by atoms with van der Waals surface area (Å²) in [5, 5.41) is 2.94. The van der Waals surface area contributed by atoms with Gasteiger partial charge in [0.05, 0.1) is 12.1 Å². The normalized spacial score (nSPS) is 14.8. The molecule has 1 amide bonds. The molecule has 0 fully saturated rings. The molecule has 0 aromatic heterocycles. The van der Waals surface area contributed by atoms with Gasteiger partial charge in [-0.25, -0.2) is 0 Å². The van der Waals surface area contributed by atoms with Gasteiger partial charge in [0.25, 0.3) is 0 Å². The highest BCUT2D eigenvalue weighted by atomic mass is 16.1. The van der Waals surface area contributed by atoms with Gasteiger partial charge in [-0.05, 0) is 6.42 Å². The van der Waals surface area contributed by atoms with E-state index < -0.39 is 11.9 Å². The van der Waals surface area contributed by atoms with Crippen molar-refractivity contribution in [3.63, 3.8) is 0 Å². The predicted octanol–water partition coefficient (Wildman–Crippen LogP) is -1.20. The summed E-state index contributed by atoms with van der Waals surface area (Å²) in [5.74, 6) is 2.01. The van der Waals surface area contributed by atoms with Crippen molar-refractivity contribution in [2.75, 3.05) is 6.54 Å². The van der Waals surface area contributed by atoms with Crippen molar-refractivity contribution in [2.24, 2.45) is 11.5 Å². The Morgan fingerprint density at radius 3 is 2.67 bits per heavy atom. The maximum absolute atomic E-state index is 10.5. The smallest absolute Gasteiger partial charge is 0.235 e. The molecule has 0 aliphatic rings. The fraction of sp³-hybridized carbons (Fsp3) is 0.625. The quantitative estimate of drug-likeness (QED) is 0.452. The third kappa shape index (κ3) is 3.96. The third-order valence-electron chi connectivity index (χ3n) is 1.56. The SMILES string of the molecule is C#CC(CC)NCC(N)C(N)=O. The Bertz CT molecular complexity index is 185. The van der Waals surface area contributed by atoms with Crippen molar-refractivity contribution in [3.05, 3.63) is 0 Å². The second kappa shape index (κ2) is 5.58. The monoisotopic (exact) mass is 169 g/mol. The zero-order valence-electron chi connectivity index (χ0n) is 7.21. The molecule has 0 bridgehead atoms. The Hall–Kier alpha value is -1.05. The largest absolute Gasteiger partial charge is 0.368 e. The second-order valence-corrected chi connectivity index (χ2v) is 2.54. The molecule has 0 spiro atoms. The lowest BCUT2D eigenvalue weighted by Crippen LogP contribution is -2.46. The molecule has 68 valence electrons.